The van der Waals surface area contributed by atoms with Crippen molar-refractivity contribution in [3.8, 4) is 0 Å². The summed E-state index contributed by atoms with van der Waals surface area (Å²) in [5, 5.41) is 8.99. The molecule has 1 heterocycles. The molecule has 2 amide bonds. The summed E-state index contributed by atoms with van der Waals surface area (Å²) in [7, 11) is 0. The molecule has 6 nitrogen and oxygen atoms in total. The first-order chi connectivity index (χ1) is 10.1. The van der Waals surface area contributed by atoms with Crippen LogP contribution < -0.4 is 0 Å². The third-order valence-corrected chi connectivity index (χ3v) is 3.48. The van der Waals surface area contributed by atoms with Crippen molar-refractivity contribution in [1.82, 2.24) is 9.80 Å². The lowest BCUT2D eigenvalue weighted by Gasteiger charge is -2.34. The summed E-state index contributed by atoms with van der Waals surface area (Å²) in [6, 6.07) is 9.59. The third-order valence-electron chi connectivity index (χ3n) is 3.48. The van der Waals surface area contributed by atoms with Gasteiger partial charge in [0.1, 0.15) is 0 Å². The van der Waals surface area contributed by atoms with E-state index in [0.717, 1.165) is 5.56 Å². The molecule has 2 rings (SSSR count). The number of benzene rings is 1. The summed E-state index contributed by atoms with van der Waals surface area (Å²) in [4.78, 5) is 26.7. The zero-order chi connectivity index (χ0) is 15.2. The standard InChI is InChI=1S/C15H20N2O4/c1-2-16(10-12-6-4-3-5-7-12)15(20)17-8-9-21-13(11-17)14(18)19/h3-7,13H,2,8-11H2,1H3,(H,18,19). The Hall–Kier alpha value is -2.08. The number of hydrogen-bond donors (Lipinski definition) is 1. The fraction of sp³-hybridized carbons (Fsp3) is 0.467. The number of carboxylic acids is 1. The van der Waals surface area contributed by atoms with Crippen molar-refractivity contribution >= 4 is 12.0 Å². The highest BCUT2D eigenvalue weighted by atomic mass is 16.5. The highest BCUT2D eigenvalue weighted by molar-refractivity contribution is 5.77. The Kier molecular flexibility index (Phi) is 5.16. The fourth-order valence-corrected chi connectivity index (χ4v) is 2.29. The van der Waals surface area contributed by atoms with E-state index in [9.17, 15) is 9.59 Å². The van der Waals surface area contributed by atoms with Gasteiger partial charge in [0.05, 0.1) is 13.2 Å². The average molecular weight is 292 g/mol. The predicted octanol–water partition coefficient (Wildman–Crippen LogP) is 1.41. The molecule has 1 aliphatic heterocycles. The van der Waals surface area contributed by atoms with Gasteiger partial charge in [-0.1, -0.05) is 30.3 Å². The molecule has 1 N–H and O–H groups in total. The van der Waals surface area contributed by atoms with Crippen LogP contribution in [0.1, 0.15) is 12.5 Å². The van der Waals surface area contributed by atoms with Gasteiger partial charge in [-0.3, -0.25) is 0 Å². The number of nitrogens with zero attached hydrogens (tertiary/aromatic N) is 2. The summed E-state index contributed by atoms with van der Waals surface area (Å²) in [6.45, 7) is 3.78. The average Bonchev–Trinajstić information content (AvgIpc) is 2.53. The van der Waals surface area contributed by atoms with Crippen molar-refractivity contribution < 1.29 is 19.4 Å². The van der Waals surface area contributed by atoms with Gasteiger partial charge in [-0.15, -0.1) is 0 Å². The van der Waals surface area contributed by atoms with Crippen LogP contribution >= 0.6 is 0 Å². The van der Waals surface area contributed by atoms with Crippen LogP contribution in [0, 0.1) is 0 Å². The summed E-state index contributed by atoms with van der Waals surface area (Å²) in [5.41, 5.74) is 1.05. The molecule has 0 aromatic heterocycles. The molecular formula is C15H20N2O4. The maximum Gasteiger partial charge on any atom is 0.334 e. The molecule has 1 atom stereocenters. The lowest BCUT2D eigenvalue weighted by atomic mass is 10.2. The second kappa shape index (κ2) is 7.08. The van der Waals surface area contributed by atoms with Crippen molar-refractivity contribution in [1.29, 1.82) is 0 Å². The Morgan fingerprint density at radius 2 is 2.10 bits per heavy atom. The fourth-order valence-electron chi connectivity index (χ4n) is 2.29. The molecule has 1 unspecified atom stereocenters. The zero-order valence-corrected chi connectivity index (χ0v) is 12.1. The second-order valence-corrected chi connectivity index (χ2v) is 4.93. The lowest BCUT2D eigenvalue weighted by molar-refractivity contribution is -0.154. The van der Waals surface area contributed by atoms with Gasteiger partial charge in [0.2, 0.25) is 0 Å². The number of ether oxygens (including phenoxy) is 1. The van der Waals surface area contributed by atoms with Crippen LogP contribution in [0.5, 0.6) is 0 Å². The highest BCUT2D eigenvalue weighted by Crippen LogP contribution is 2.11. The Bertz CT molecular complexity index is 492. The number of rotatable bonds is 4. The number of aliphatic carboxylic acids is 1. The van der Waals surface area contributed by atoms with E-state index in [0.29, 0.717) is 19.6 Å². The van der Waals surface area contributed by atoms with E-state index >= 15 is 0 Å². The van der Waals surface area contributed by atoms with Gasteiger partial charge >= 0.3 is 12.0 Å². The van der Waals surface area contributed by atoms with Crippen molar-refractivity contribution in [2.75, 3.05) is 26.2 Å². The molecule has 1 aliphatic rings. The molecule has 1 saturated heterocycles. The van der Waals surface area contributed by atoms with Crippen LogP contribution in [-0.2, 0) is 16.1 Å². The molecule has 1 aromatic rings. The van der Waals surface area contributed by atoms with Gasteiger partial charge in [0, 0.05) is 19.6 Å². The van der Waals surface area contributed by atoms with E-state index in [-0.39, 0.29) is 19.2 Å². The number of morpholine rings is 1. The van der Waals surface area contributed by atoms with E-state index in [1.54, 1.807) is 9.80 Å². The number of carbonyl (C=O) groups is 2. The Morgan fingerprint density at radius 3 is 2.71 bits per heavy atom. The summed E-state index contributed by atoms with van der Waals surface area (Å²) in [5.74, 6) is -1.03. The molecule has 0 bridgehead atoms. The number of carbonyl (C=O) groups excluding carboxylic acids is 1. The van der Waals surface area contributed by atoms with Gasteiger partial charge in [-0.05, 0) is 12.5 Å². The van der Waals surface area contributed by atoms with E-state index in [4.69, 9.17) is 9.84 Å². The highest BCUT2D eigenvalue weighted by Gasteiger charge is 2.30. The topological polar surface area (TPSA) is 70.1 Å². The molecule has 0 radical (unpaired) electrons. The van der Waals surface area contributed by atoms with E-state index in [1.807, 2.05) is 37.3 Å². The first-order valence-electron chi connectivity index (χ1n) is 7.04. The molecule has 21 heavy (non-hydrogen) atoms. The van der Waals surface area contributed by atoms with Gasteiger partial charge in [0.15, 0.2) is 6.10 Å². The summed E-state index contributed by atoms with van der Waals surface area (Å²) >= 11 is 0. The van der Waals surface area contributed by atoms with Gasteiger partial charge in [-0.25, -0.2) is 9.59 Å². The quantitative estimate of drug-likeness (QED) is 0.911. The molecule has 6 heteroatoms. The minimum Gasteiger partial charge on any atom is -0.479 e. The molecule has 1 aromatic carbocycles. The number of urea groups is 1. The Balaban J connectivity index is 2.00. The third kappa shape index (κ3) is 3.95. The van der Waals surface area contributed by atoms with Gasteiger partial charge < -0.3 is 19.6 Å². The SMILES string of the molecule is CCN(Cc1ccccc1)C(=O)N1CCOC(C(=O)O)C1. The summed E-state index contributed by atoms with van der Waals surface area (Å²) < 4.78 is 5.14. The number of amides is 2. The van der Waals surface area contributed by atoms with E-state index in [1.165, 1.54) is 0 Å². The normalized spacial score (nSPS) is 18.3. The van der Waals surface area contributed by atoms with Crippen LogP contribution in [0.4, 0.5) is 4.79 Å². The second-order valence-electron chi connectivity index (χ2n) is 4.93. The van der Waals surface area contributed by atoms with Crippen LogP contribution in [0.3, 0.4) is 0 Å². The number of carboxylic acid groups (broad SMARTS) is 1. The van der Waals surface area contributed by atoms with Gasteiger partial charge in [-0.2, -0.15) is 0 Å². The first kappa shape index (κ1) is 15.3. The smallest absolute Gasteiger partial charge is 0.334 e. The minimum atomic E-state index is -1.03. The molecule has 114 valence electrons. The van der Waals surface area contributed by atoms with Crippen LogP contribution in [0.15, 0.2) is 30.3 Å². The van der Waals surface area contributed by atoms with Crippen molar-refractivity contribution in [3.05, 3.63) is 35.9 Å². The van der Waals surface area contributed by atoms with E-state index in [2.05, 4.69) is 0 Å². The van der Waals surface area contributed by atoms with Crippen LogP contribution in [0.2, 0.25) is 0 Å². The largest absolute Gasteiger partial charge is 0.479 e. The summed E-state index contributed by atoms with van der Waals surface area (Å²) in [6.07, 6.45) is -0.932. The predicted molar refractivity (Wildman–Crippen MR) is 76.9 cm³/mol. The van der Waals surface area contributed by atoms with E-state index < -0.39 is 12.1 Å². The maximum absolute atomic E-state index is 12.5. The van der Waals surface area contributed by atoms with Gasteiger partial charge in [0.25, 0.3) is 0 Å². The molecule has 0 saturated carbocycles. The zero-order valence-electron chi connectivity index (χ0n) is 12.1. The van der Waals surface area contributed by atoms with Crippen LogP contribution in [0.25, 0.3) is 0 Å². The maximum atomic E-state index is 12.5. The molecule has 0 aliphatic carbocycles. The first-order valence-corrected chi connectivity index (χ1v) is 7.04. The Morgan fingerprint density at radius 1 is 1.38 bits per heavy atom. The van der Waals surface area contributed by atoms with Crippen molar-refractivity contribution in [3.63, 3.8) is 0 Å². The van der Waals surface area contributed by atoms with Crippen LogP contribution in [-0.4, -0.2) is 59.3 Å². The number of hydrogen-bond acceptors (Lipinski definition) is 3. The molecular weight excluding hydrogens is 272 g/mol. The Labute approximate surface area is 123 Å². The molecule has 0 spiro atoms. The minimum absolute atomic E-state index is 0.0967. The van der Waals surface area contributed by atoms with Crippen molar-refractivity contribution in [2.24, 2.45) is 0 Å². The monoisotopic (exact) mass is 292 g/mol. The van der Waals surface area contributed by atoms with Crippen molar-refractivity contribution in [2.45, 2.75) is 19.6 Å². The molecule has 1 fully saturated rings. The lowest BCUT2D eigenvalue weighted by Crippen LogP contribution is -2.52.